The number of hydrogen-bond donors (Lipinski definition) is 2. The number of carbonyl (C=O) groups excluding carboxylic acids is 1. The van der Waals surface area contributed by atoms with Crippen LogP contribution in [0.2, 0.25) is 0 Å². The Balaban J connectivity index is 1.34. The Morgan fingerprint density at radius 3 is 2.77 bits per heavy atom. The predicted molar refractivity (Wildman–Crippen MR) is 92.1 cm³/mol. The molecule has 2 N–H and O–H groups in total. The molecule has 8 heteroatoms. The second-order valence-electron chi connectivity index (χ2n) is 7.48. The number of amides is 1. The van der Waals surface area contributed by atoms with Gasteiger partial charge in [0.15, 0.2) is 0 Å². The topological polar surface area (TPSA) is 102 Å². The highest BCUT2D eigenvalue weighted by atomic mass is 16.5. The second kappa shape index (κ2) is 6.05. The molecule has 2 aliphatic carbocycles. The lowest BCUT2D eigenvalue weighted by atomic mass is 10.1. The van der Waals surface area contributed by atoms with Gasteiger partial charge in [0.2, 0.25) is 0 Å². The zero-order valence-corrected chi connectivity index (χ0v) is 14.4. The van der Waals surface area contributed by atoms with Gasteiger partial charge < -0.3 is 10.1 Å². The minimum atomic E-state index is -0.303. The van der Waals surface area contributed by atoms with E-state index in [1.807, 2.05) is 12.1 Å². The number of ether oxygens (including phenoxy) is 1. The van der Waals surface area contributed by atoms with Gasteiger partial charge >= 0.3 is 0 Å². The Hall–Kier alpha value is -2.48. The van der Waals surface area contributed by atoms with Gasteiger partial charge in [-0.2, -0.15) is 10.2 Å². The van der Waals surface area contributed by atoms with Crippen LogP contribution in [0.5, 0.6) is 0 Å². The molecule has 5 rings (SSSR count). The molecule has 2 aromatic heterocycles. The summed E-state index contributed by atoms with van der Waals surface area (Å²) in [6, 6.07) is 4.59. The maximum absolute atomic E-state index is 12.5. The van der Waals surface area contributed by atoms with Gasteiger partial charge in [-0.25, -0.2) is 4.68 Å². The van der Waals surface area contributed by atoms with E-state index < -0.39 is 0 Å². The molecule has 1 aliphatic heterocycles. The molecule has 0 radical (unpaired) electrons. The van der Waals surface area contributed by atoms with Gasteiger partial charge in [-0.05, 0) is 37.8 Å². The lowest BCUT2D eigenvalue weighted by Gasteiger charge is -2.20. The lowest BCUT2D eigenvalue weighted by molar-refractivity contribution is 0.0919. The Kier molecular flexibility index (Phi) is 3.66. The summed E-state index contributed by atoms with van der Waals surface area (Å²) in [4.78, 5) is 24.8. The maximum atomic E-state index is 12.5. The first-order valence-electron chi connectivity index (χ1n) is 9.23. The Labute approximate surface area is 149 Å². The van der Waals surface area contributed by atoms with Crippen LogP contribution >= 0.6 is 0 Å². The molecule has 2 aromatic rings. The molecule has 8 nitrogen and oxygen atoms in total. The quantitative estimate of drug-likeness (QED) is 0.836. The fourth-order valence-electron chi connectivity index (χ4n) is 3.50. The van der Waals surface area contributed by atoms with Gasteiger partial charge in [-0.15, -0.1) is 0 Å². The van der Waals surface area contributed by atoms with E-state index in [1.165, 1.54) is 4.68 Å². The average Bonchev–Trinajstić information content (AvgIpc) is 3.57. The molecule has 3 heterocycles. The molecule has 0 spiro atoms. The summed E-state index contributed by atoms with van der Waals surface area (Å²) in [5, 5.41) is 14.6. The third-order valence-corrected chi connectivity index (χ3v) is 5.37. The maximum Gasteiger partial charge on any atom is 0.272 e. The first-order valence-corrected chi connectivity index (χ1v) is 9.23. The summed E-state index contributed by atoms with van der Waals surface area (Å²) in [5.41, 5.74) is 2.18. The molecule has 2 unspecified atom stereocenters. The smallest absolute Gasteiger partial charge is 0.272 e. The largest absolute Gasteiger partial charge is 0.377 e. The van der Waals surface area contributed by atoms with Crippen molar-refractivity contribution >= 4 is 5.91 Å². The van der Waals surface area contributed by atoms with Crippen LogP contribution in [0.3, 0.4) is 0 Å². The fourth-order valence-corrected chi connectivity index (χ4v) is 3.50. The summed E-state index contributed by atoms with van der Waals surface area (Å²) in [5.74, 6) is 0.724. The van der Waals surface area contributed by atoms with Crippen LogP contribution in [0, 0.1) is 0 Å². The Morgan fingerprint density at radius 2 is 2.00 bits per heavy atom. The van der Waals surface area contributed by atoms with E-state index in [2.05, 4.69) is 20.6 Å². The number of aromatic nitrogens is 4. The molecular formula is C18H21N5O3. The molecule has 3 fully saturated rings. The molecular weight excluding hydrogens is 334 g/mol. The van der Waals surface area contributed by atoms with Gasteiger partial charge in [-0.3, -0.25) is 14.7 Å². The van der Waals surface area contributed by atoms with Gasteiger partial charge in [0.05, 0.1) is 24.9 Å². The van der Waals surface area contributed by atoms with Crippen molar-refractivity contribution in [1.82, 2.24) is 25.3 Å². The highest BCUT2D eigenvalue weighted by Gasteiger charge is 2.35. The van der Waals surface area contributed by atoms with Crippen LogP contribution in [0.25, 0.3) is 0 Å². The van der Waals surface area contributed by atoms with Crippen molar-refractivity contribution in [1.29, 1.82) is 0 Å². The van der Waals surface area contributed by atoms with E-state index in [0.717, 1.165) is 37.1 Å². The van der Waals surface area contributed by atoms with Crippen LogP contribution < -0.4 is 10.9 Å². The summed E-state index contributed by atoms with van der Waals surface area (Å²) < 4.78 is 7.02. The predicted octanol–water partition coefficient (Wildman–Crippen LogP) is 1.09. The number of rotatable bonds is 5. The highest BCUT2D eigenvalue weighted by Crippen LogP contribution is 2.39. The highest BCUT2D eigenvalue weighted by molar-refractivity contribution is 5.92. The van der Waals surface area contributed by atoms with Gasteiger partial charge in [-0.1, -0.05) is 0 Å². The first kappa shape index (κ1) is 15.7. The standard InChI is InChI=1S/C18H21N5O3/c24-17-6-5-12(10-1-2-10)22-23(17)16-9-26-8-15(16)19-18(25)14-7-13(20-21-14)11-3-4-11/h5-7,10-11,15-16H,1-4,8-9H2,(H,19,25)(H,20,21). The Bertz CT molecular complexity index is 896. The van der Waals surface area contributed by atoms with Gasteiger partial charge in [0, 0.05) is 23.6 Å². The van der Waals surface area contributed by atoms with E-state index >= 15 is 0 Å². The number of aromatic amines is 1. The van der Waals surface area contributed by atoms with Crippen LogP contribution in [0.1, 0.15) is 65.4 Å². The average molecular weight is 355 g/mol. The van der Waals surface area contributed by atoms with Crippen LogP contribution in [0.15, 0.2) is 23.0 Å². The van der Waals surface area contributed by atoms with Gasteiger partial charge in [0.25, 0.3) is 11.5 Å². The molecule has 1 saturated heterocycles. The molecule has 0 bridgehead atoms. The van der Waals surface area contributed by atoms with Crippen molar-refractivity contribution in [2.45, 2.75) is 49.6 Å². The molecule has 2 atom stereocenters. The fraction of sp³-hybridized carbons (Fsp3) is 0.556. The zero-order chi connectivity index (χ0) is 17.7. The van der Waals surface area contributed by atoms with Crippen LogP contribution in [-0.2, 0) is 4.74 Å². The van der Waals surface area contributed by atoms with E-state index in [1.54, 1.807) is 6.07 Å². The van der Waals surface area contributed by atoms with E-state index in [-0.39, 0.29) is 23.6 Å². The summed E-state index contributed by atoms with van der Waals surface area (Å²) in [6.07, 6.45) is 4.53. The van der Waals surface area contributed by atoms with E-state index in [4.69, 9.17) is 4.74 Å². The molecule has 26 heavy (non-hydrogen) atoms. The minimum Gasteiger partial charge on any atom is -0.377 e. The number of nitrogens with zero attached hydrogens (tertiary/aromatic N) is 3. The van der Waals surface area contributed by atoms with E-state index in [0.29, 0.717) is 30.7 Å². The third-order valence-electron chi connectivity index (χ3n) is 5.37. The Morgan fingerprint density at radius 1 is 1.19 bits per heavy atom. The van der Waals surface area contributed by atoms with Crippen molar-refractivity contribution in [3.63, 3.8) is 0 Å². The van der Waals surface area contributed by atoms with Crippen molar-refractivity contribution < 1.29 is 9.53 Å². The van der Waals surface area contributed by atoms with Crippen molar-refractivity contribution in [3.8, 4) is 0 Å². The van der Waals surface area contributed by atoms with Gasteiger partial charge in [0.1, 0.15) is 11.7 Å². The molecule has 0 aromatic carbocycles. The SMILES string of the molecule is O=C(NC1COCC1n1nc(C2CC2)ccc1=O)c1cc(C2CC2)[nH]n1. The van der Waals surface area contributed by atoms with Crippen LogP contribution in [0.4, 0.5) is 0 Å². The third kappa shape index (κ3) is 2.94. The van der Waals surface area contributed by atoms with Crippen molar-refractivity contribution in [3.05, 3.63) is 45.6 Å². The lowest BCUT2D eigenvalue weighted by Crippen LogP contribution is -2.44. The number of hydrogen-bond acceptors (Lipinski definition) is 5. The molecule has 2 saturated carbocycles. The normalized spacial score (nSPS) is 25.4. The molecule has 3 aliphatic rings. The van der Waals surface area contributed by atoms with Crippen molar-refractivity contribution in [2.75, 3.05) is 13.2 Å². The van der Waals surface area contributed by atoms with Crippen LogP contribution in [-0.4, -0.2) is 45.1 Å². The van der Waals surface area contributed by atoms with E-state index in [9.17, 15) is 9.59 Å². The van der Waals surface area contributed by atoms with Crippen molar-refractivity contribution in [2.24, 2.45) is 0 Å². The summed E-state index contributed by atoms with van der Waals surface area (Å²) in [6.45, 7) is 0.720. The monoisotopic (exact) mass is 355 g/mol. The summed E-state index contributed by atoms with van der Waals surface area (Å²) >= 11 is 0. The number of carbonyl (C=O) groups is 1. The zero-order valence-electron chi connectivity index (χ0n) is 14.4. The first-order chi connectivity index (χ1) is 12.7. The number of H-pyrrole nitrogens is 1. The minimum absolute atomic E-state index is 0.167. The number of nitrogens with one attached hydrogen (secondary N) is 2. The summed E-state index contributed by atoms with van der Waals surface area (Å²) in [7, 11) is 0. The molecule has 1 amide bonds. The second-order valence-corrected chi connectivity index (χ2v) is 7.48. The molecule has 136 valence electrons.